The van der Waals surface area contributed by atoms with E-state index in [2.05, 4.69) is 27.9 Å². The van der Waals surface area contributed by atoms with Gasteiger partial charge in [0.25, 0.3) is 5.91 Å². The van der Waals surface area contributed by atoms with Gasteiger partial charge in [0.2, 0.25) is 0 Å². The van der Waals surface area contributed by atoms with Gasteiger partial charge in [0.15, 0.2) is 0 Å². The van der Waals surface area contributed by atoms with Gasteiger partial charge in [0.05, 0.1) is 12.7 Å². The minimum absolute atomic E-state index is 0.242. The summed E-state index contributed by atoms with van der Waals surface area (Å²) in [7, 11) is 1.32. The van der Waals surface area contributed by atoms with E-state index in [1.165, 1.54) is 18.4 Å². The summed E-state index contributed by atoms with van der Waals surface area (Å²) in [6, 6.07) is 8.91. The highest BCUT2D eigenvalue weighted by Gasteiger charge is 2.17. The van der Waals surface area contributed by atoms with Crippen LogP contribution in [-0.2, 0) is 4.74 Å². The Bertz CT molecular complexity index is 649. The molecule has 0 fully saturated rings. The number of hydrogen-bond donors (Lipinski definition) is 1. The minimum Gasteiger partial charge on any atom is -0.465 e. The highest BCUT2D eigenvalue weighted by Crippen LogP contribution is 2.28. The predicted molar refractivity (Wildman–Crippen MR) is 87.5 cm³/mol. The molecule has 2 aromatic rings. The molecule has 2 rings (SSSR count). The van der Waals surface area contributed by atoms with Gasteiger partial charge >= 0.3 is 5.97 Å². The third kappa shape index (κ3) is 3.37. The molecule has 0 radical (unpaired) electrons. The number of methoxy groups -OCH3 is 1. The van der Waals surface area contributed by atoms with Crippen molar-refractivity contribution in [2.24, 2.45) is 0 Å². The summed E-state index contributed by atoms with van der Waals surface area (Å²) in [4.78, 5) is 24.7. The molecule has 0 spiro atoms. The van der Waals surface area contributed by atoms with Gasteiger partial charge in [-0.3, -0.25) is 4.79 Å². The molecule has 0 aliphatic heterocycles. The second-order valence-electron chi connectivity index (χ2n) is 4.05. The SMILES string of the molecule is COC(=O)c1cc(C)sc1NC(=O)c1ccc(I)cc1. The molecular formula is C14H12INO3S. The highest BCUT2D eigenvalue weighted by atomic mass is 127. The largest absolute Gasteiger partial charge is 0.465 e. The van der Waals surface area contributed by atoms with E-state index in [1.54, 1.807) is 18.2 Å². The number of hydrogen-bond acceptors (Lipinski definition) is 4. The molecule has 0 aliphatic rings. The lowest BCUT2D eigenvalue weighted by Crippen LogP contribution is -2.13. The topological polar surface area (TPSA) is 55.4 Å². The van der Waals surface area contributed by atoms with Crippen LogP contribution < -0.4 is 5.32 Å². The summed E-state index contributed by atoms with van der Waals surface area (Å²) in [5.74, 6) is -0.694. The summed E-state index contributed by atoms with van der Waals surface area (Å²) in [5.41, 5.74) is 0.932. The Morgan fingerprint density at radius 3 is 2.50 bits per heavy atom. The number of esters is 1. The van der Waals surface area contributed by atoms with Crippen molar-refractivity contribution in [3.8, 4) is 0 Å². The molecule has 0 aliphatic carbocycles. The number of benzene rings is 1. The molecule has 1 amide bonds. The van der Waals surface area contributed by atoms with Gasteiger partial charge < -0.3 is 10.1 Å². The van der Waals surface area contributed by atoms with Crippen molar-refractivity contribution in [3.63, 3.8) is 0 Å². The average Bonchev–Trinajstić information content (AvgIpc) is 2.79. The summed E-state index contributed by atoms with van der Waals surface area (Å²) in [6.07, 6.45) is 0. The van der Waals surface area contributed by atoms with Crippen LogP contribution >= 0.6 is 33.9 Å². The first-order valence-electron chi connectivity index (χ1n) is 5.77. The van der Waals surface area contributed by atoms with E-state index in [9.17, 15) is 9.59 Å². The lowest BCUT2D eigenvalue weighted by Gasteiger charge is -2.05. The van der Waals surface area contributed by atoms with Crippen molar-refractivity contribution in [2.45, 2.75) is 6.92 Å². The second-order valence-corrected chi connectivity index (χ2v) is 6.55. The molecule has 1 aromatic carbocycles. The van der Waals surface area contributed by atoms with Crippen molar-refractivity contribution in [2.75, 3.05) is 12.4 Å². The fraction of sp³-hybridized carbons (Fsp3) is 0.143. The van der Waals surface area contributed by atoms with Crippen molar-refractivity contribution in [3.05, 3.63) is 49.9 Å². The molecule has 0 saturated carbocycles. The number of anilines is 1. The van der Waals surface area contributed by atoms with E-state index in [0.717, 1.165) is 8.45 Å². The Labute approximate surface area is 134 Å². The number of aryl methyl sites for hydroxylation is 1. The molecule has 4 nitrogen and oxygen atoms in total. The van der Waals surface area contributed by atoms with Gasteiger partial charge in [0, 0.05) is 14.0 Å². The summed E-state index contributed by atoms with van der Waals surface area (Å²) >= 11 is 3.52. The normalized spacial score (nSPS) is 10.2. The van der Waals surface area contributed by atoms with Crippen LogP contribution in [0.15, 0.2) is 30.3 Å². The Hall–Kier alpha value is -1.41. The van der Waals surface area contributed by atoms with Crippen molar-refractivity contribution < 1.29 is 14.3 Å². The number of carbonyl (C=O) groups excluding carboxylic acids is 2. The van der Waals surface area contributed by atoms with Gasteiger partial charge in [0.1, 0.15) is 5.00 Å². The Morgan fingerprint density at radius 2 is 1.90 bits per heavy atom. The monoisotopic (exact) mass is 401 g/mol. The van der Waals surface area contributed by atoms with Gasteiger partial charge in [-0.2, -0.15) is 0 Å². The Kier molecular flexibility index (Phi) is 4.77. The maximum atomic E-state index is 12.1. The highest BCUT2D eigenvalue weighted by molar-refractivity contribution is 14.1. The van der Waals surface area contributed by atoms with Crippen LogP contribution in [-0.4, -0.2) is 19.0 Å². The number of carbonyl (C=O) groups is 2. The average molecular weight is 401 g/mol. The number of ether oxygens (including phenoxy) is 1. The van der Waals surface area contributed by atoms with Crippen LogP contribution in [0.4, 0.5) is 5.00 Å². The zero-order chi connectivity index (χ0) is 14.7. The molecule has 1 heterocycles. The van der Waals surface area contributed by atoms with E-state index < -0.39 is 5.97 Å². The molecule has 0 atom stereocenters. The first kappa shape index (κ1) is 15.0. The molecule has 1 N–H and O–H groups in total. The zero-order valence-electron chi connectivity index (χ0n) is 10.9. The number of rotatable bonds is 3. The predicted octanol–water partition coefficient (Wildman–Crippen LogP) is 3.70. The molecule has 104 valence electrons. The van der Waals surface area contributed by atoms with Crippen LogP contribution in [0.2, 0.25) is 0 Å². The third-order valence-electron chi connectivity index (χ3n) is 2.59. The third-order valence-corrected chi connectivity index (χ3v) is 4.28. The lowest BCUT2D eigenvalue weighted by molar-refractivity contribution is 0.0602. The Balaban J connectivity index is 2.23. The van der Waals surface area contributed by atoms with Crippen molar-refractivity contribution in [1.82, 2.24) is 0 Å². The minimum atomic E-state index is -0.452. The molecule has 6 heteroatoms. The molecule has 20 heavy (non-hydrogen) atoms. The van der Waals surface area contributed by atoms with Gasteiger partial charge in [-0.05, 0) is 59.8 Å². The molecule has 0 unspecified atom stereocenters. The zero-order valence-corrected chi connectivity index (χ0v) is 13.9. The molecular weight excluding hydrogens is 389 g/mol. The second kappa shape index (κ2) is 6.36. The number of nitrogens with one attached hydrogen (secondary N) is 1. The van der Waals surface area contributed by atoms with E-state index in [4.69, 9.17) is 4.74 Å². The lowest BCUT2D eigenvalue weighted by atomic mass is 10.2. The Morgan fingerprint density at radius 1 is 1.25 bits per heavy atom. The van der Waals surface area contributed by atoms with E-state index in [0.29, 0.717) is 16.1 Å². The van der Waals surface area contributed by atoms with Crippen molar-refractivity contribution in [1.29, 1.82) is 0 Å². The molecule has 0 bridgehead atoms. The quantitative estimate of drug-likeness (QED) is 0.631. The maximum absolute atomic E-state index is 12.1. The van der Waals surface area contributed by atoms with E-state index >= 15 is 0 Å². The summed E-state index contributed by atoms with van der Waals surface area (Å²) < 4.78 is 5.77. The summed E-state index contributed by atoms with van der Waals surface area (Å²) in [5, 5.41) is 3.27. The van der Waals surface area contributed by atoms with E-state index in [-0.39, 0.29) is 5.91 Å². The molecule has 0 saturated heterocycles. The maximum Gasteiger partial charge on any atom is 0.340 e. The van der Waals surface area contributed by atoms with Crippen LogP contribution in [0, 0.1) is 10.5 Å². The number of thiophene rings is 1. The van der Waals surface area contributed by atoms with Crippen molar-refractivity contribution >= 4 is 50.8 Å². The fourth-order valence-electron chi connectivity index (χ4n) is 1.65. The number of amides is 1. The first-order chi connectivity index (χ1) is 9.51. The standard InChI is InChI=1S/C14H12INO3S/c1-8-7-11(14(18)19-2)13(20-8)16-12(17)9-3-5-10(15)6-4-9/h3-7H,1-2H3,(H,16,17). The summed E-state index contributed by atoms with van der Waals surface area (Å²) in [6.45, 7) is 1.87. The van der Waals surface area contributed by atoms with Gasteiger partial charge in [-0.1, -0.05) is 0 Å². The smallest absolute Gasteiger partial charge is 0.340 e. The fourth-order valence-corrected chi connectivity index (χ4v) is 2.90. The van der Waals surface area contributed by atoms with Crippen LogP contribution in [0.1, 0.15) is 25.6 Å². The molecule has 1 aromatic heterocycles. The van der Waals surface area contributed by atoms with Crippen LogP contribution in [0.5, 0.6) is 0 Å². The van der Waals surface area contributed by atoms with E-state index in [1.807, 2.05) is 19.1 Å². The van der Waals surface area contributed by atoms with Gasteiger partial charge in [-0.15, -0.1) is 11.3 Å². The van der Waals surface area contributed by atoms with Crippen LogP contribution in [0.25, 0.3) is 0 Å². The number of halogens is 1. The first-order valence-corrected chi connectivity index (χ1v) is 7.66. The van der Waals surface area contributed by atoms with Crippen LogP contribution in [0.3, 0.4) is 0 Å². The van der Waals surface area contributed by atoms with Gasteiger partial charge in [-0.25, -0.2) is 4.79 Å².